The fraction of sp³-hybridized carbons (Fsp3) is 0.478. The van der Waals surface area contributed by atoms with Crippen LogP contribution >= 0.6 is 0 Å². The second kappa shape index (κ2) is 8.02. The van der Waals surface area contributed by atoms with Gasteiger partial charge in [-0.05, 0) is 62.8 Å². The molecule has 1 aromatic heterocycles. The summed E-state index contributed by atoms with van der Waals surface area (Å²) < 4.78 is 0. The number of pyridine rings is 1. The van der Waals surface area contributed by atoms with E-state index in [0.29, 0.717) is 25.9 Å². The number of hydrogen-bond acceptors (Lipinski definition) is 4. The van der Waals surface area contributed by atoms with Gasteiger partial charge in [0.25, 0.3) is 5.91 Å². The first kappa shape index (κ1) is 19.1. The van der Waals surface area contributed by atoms with Gasteiger partial charge in [0.05, 0.1) is 11.3 Å². The highest BCUT2D eigenvalue weighted by molar-refractivity contribution is 5.94. The number of aliphatic hydroxyl groups is 1. The van der Waals surface area contributed by atoms with Crippen molar-refractivity contribution in [1.82, 2.24) is 15.2 Å². The second-order valence-electron chi connectivity index (χ2n) is 8.38. The lowest BCUT2D eigenvalue weighted by Gasteiger charge is -2.52. The molecule has 148 valence electrons. The maximum atomic E-state index is 13.1. The number of aryl methyl sites for hydroxylation is 1. The average Bonchev–Trinajstić information content (AvgIpc) is 2.69. The van der Waals surface area contributed by atoms with Crippen LogP contribution < -0.4 is 5.32 Å². The van der Waals surface area contributed by atoms with Crippen LogP contribution in [0.2, 0.25) is 0 Å². The van der Waals surface area contributed by atoms with Crippen LogP contribution in [0, 0.1) is 6.92 Å². The number of nitrogens with one attached hydrogen (secondary N) is 1. The number of piperidine rings is 2. The number of carbonyl (C=O) groups excluding carboxylic acids is 1. The summed E-state index contributed by atoms with van der Waals surface area (Å²) in [5.74, 6) is 0.106. The summed E-state index contributed by atoms with van der Waals surface area (Å²) in [7, 11) is 0. The molecule has 3 heterocycles. The molecule has 1 aromatic carbocycles. The normalized spacial score (nSPS) is 26.9. The molecule has 2 aromatic rings. The minimum atomic E-state index is -0.770. The number of benzene rings is 1. The van der Waals surface area contributed by atoms with Gasteiger partial charge in [-0.3, -0.25) is 9.78 Å². The fourth-order valence-corrected chi connectivity index (χ4v) is 4.76. The summed E-state index contributed by atoms with van der Waals surface area (Å²) in [5.41, 5.74) is 2.10. The van der Waals surface area contributed by atoms with Crippen LogP contribution in [0.4, 0.5) is 0 Å². The quantitative estimate of drug-likeness (QED) is 0.838. The van der Waals surface area contributed by atoms with Gasteiger partial charge in [0.2, 0.25) is 0 Å². The molecule has 3 atom stereocenters. The van der Waals surface area contributed by atoms with Gasteiger partial charge in [-0.25, -0.2) is 0 Å². The summed E-state index contributed by atoms with van der Waals surface area (Å²) in [4.78, 5) is 19.5. The number of hydrogen-bond donors (Lipinski definition) is 2. The predicted molar refractivity (Wildman–Crippen MR) is 109 cm³/mol. The highest BCUT2D eigenvalue weighted by atomic mass is 16.3. The number of nitrogens with zero attached hydrogens (tertiary/aromatic N) is 2. The Kier molecular flexibility index (Phi) is 5.47. The molecule has 1 amide bonds. The maximum absolute atomic E-state index is 13.1. The molecule has 5 nitrogen and oxygen atoms in total. The van der Waals surface area contributed by atoms with E-state index in [1.165, 1.54) is 0 Å². The monoisotopic (exact) mass is 379 g/mol. The minimum absolute atomic E-state index is 0.106. The molecule has 28 heavy (non-hydrogen) atoms. The van der Waals surface area contributed by atoms with E-state index in [4.69, 9.17) is 0 Å². The van der Waals surface area contributed by atoms with Gasteiger partial charge in [-0.15, -0.1) is 0 Å². The first-order valence-electron chi connectivity index (χ1n) is 10.3. The molecule has 2 N–H and O–H groups in total. The Morgan fingerprint density at radius 2 is 1.89 bits per heavy atom. The topological polar surface area (TPSA) is 65.5 Å². The van der Waals surface area contributed by atoms with Gasteiger partial charge >= 0.3 is 0 Å². The van der Waals surface area contributed by atoms with Crippen molar-refractivity contribution in [1.29, 1.82) is 0 Å². The van der Waals surface area contributed by atoms with Crippen molar-refractivity contribution < 1.29 is 9.90 Å². The van der Waals surface area contributed by atoms with Gasteiger partial charge in [0.1, 0.15) is 0 Å². The standard InChI is InChI=1S/C23H29N3O2/c1-17-10-11-19(25-14-17)15-24-16-23(28)12-20-8-5-9-21(13-23)26(20)22(27)18-6-3-2-4-7-18/h2-4,6-7,10-11,14,20-21,24,28H,5,8-9,12-13,15-16H2,1H3/t20-,21+,23?. The van der Waals surface area contributed by atoms with Crippen LogP contribution in [-0.4, -0.2) is 45.1 Å². The largest absolute Gasteiger partial charge is 0.388 e. The zero-order valence-electron chi connectivity index (χ0n) is 16.5. The highest BCUT2D eigenvalue weighted by Gasteiger charge is 2.47. The lowest BCUT2D eigenvalue weighted by atomic mass is 9.75. The van der Waals surface area contributed by atoms with Crippen molar-refractivity contribution in [2.24, 2.45) is 0 Å². The number of rotatable bonds is 5. The Balaban J connectivity index is 1.40. The fourth-order valence-electron chi connectivity index (χ4n) is 4.76. The van der Waals surface area contributed by atoms with E-state index in [9.17, 15) is 9.90 Å². The number of aromatic nitrogens is 1. The molecule has 5 heteroatoms. The second-order valence-corrected chi connectivity index (χ2v) is 8.38. The zero-order chi connectivity index (χ0) is 19.6. The van der Waals surface area contributed by atoms with E-state index in [1.807, 2.05) is 49.5 Å². The molecule has 0 saturated carbocycles. The Hall–Kier alpha value is -2.24. The van der Waals surface area contributed by atoms with E-state index in [0.717, 1.165) is 36.1 Å². The van der Waals surface area contributed by atoms with Crippen LogP contribution in [-0.2, 0) is 6.54 Å². The van der Waals surface area contributed by atoms with Crippen LogP contribution in [0.25, 0.3) is 0 Å². The molecule has 2 fully saturated rings. The number of fused-ring (bicyclic) bond motifs is 2. The van der Waals surface area contributed by atoms with Crippen molar-refractivity contribution in [3.8, 4) is 0 Å². The third kappa shape index (κ3) is 4.10. The summed E-state index contributed by atoms with van der Waals surface area (Å²) in [5, 5.41) is 14.6. The van der Waals surface area contributed by atoms with Gasteiger partial charge < -0.3 is 15.3 Å². The van der Waals surface area contributed by atoms with Gasteiger partial charge in [0, 0.05) is 36.9 Å². The number of carbonyl (C=O) groups is 1. The van der Waals surface area contributed by atoms with E-state index in [2.05, 4.69) is 21.3 Å². The number of amides is 1. The van der Waals surface area contributed by atoms with Gasteiger partial charge in [-0.2, -0.15) is 0 Å². The molecule has 2 saturated heterocycles. The lowest BCUT2D eigenvalue weighted by Crippen LogP contribution is -2.62. The van der Waals surface area contributed by atoms with Crippen molar-refractivity contribution in [2.45, 2.75) is 63.3 Å². The van der Waals surface area contributed by atoms with E-state index in [1.54, 1.807) is 0 Å². The van der Waals surface area contributed by atoms with E-state index < -0.39 is 5.60 Å². The molecule has 4 rings (SSSR count). The summed E-state index contributed by atoms with van der Waals surface area (Å²) in [6, 6.07) is 13.8. The minimum Gasteiger partial charge on any atom is -0.388 e. The molecule has 2 bridgehead atoms. The molecular weight excluding hydrogens is 350 g/mol. The Labute approximate surface area is 166 Å². The van der Waals surface area contributed by atoms with Crippen LogP contribution in [0.3, 0.4) is 0 Å². The molecule has 0 radical (unpaired) electrons. The summed E-state index contributed by atoms with van der Waals surface area (Å²) >= 11 is 0. The summed E-state index contributed by atoms with van der Waals surface area (Å²) in [6.45, 7) is 3.20. The van der Waals surface area contributed by atoms with E-state index >= 15 is 0 Å². The molecule has 2 aliphatic heterocycles. The first-order valence-corrected chi connectivity index (χ1v) is 10.3. The molecule has 1 unspecified atom stereocenters. The Morgan fingerprint density at radius 1 is 1.18 bits per heavy atom. The Bertz CT molecular complexity index is 792. The average molecular weight is 380 g/mol. The zero-order valence-corrected chi connectivity index (χ0v) is 16.5. The highest BCUT2D eigenvalue weighted by Crippen LogP contribution is 2.39. The maximum Gasteiger partial charge on any atom is 0.254 e. The summed E-state index contributed by atoms with van der Waals surface area (Å²) in [6.07, 6.45) is 6.20. The van der Waals surface area contributed by atoms with Crippen LogP contribution in [0.1, 0.15) is 53.7 Å². The van der Waals surface area contributed by atoms with Crippen molar-refractivity contribution >= 4 is 5.91 Å². The van der Waals surface area contributed by atoms with E-state index in [-0.39, 0.29) is 18.0 Å². The van der Waals surface area contributed by atoms with Crippen molar-refractivity contribution in [3.63, 3.8) is 0 Å². The molecular formula is C23H29N3O2. The Morgan fingerprint density at radius 3 is 2.54 bits per heavy atom. The SMILES string of the molecule is Cc1ccc(CNCC2(O)C[C@H]3CCC[C@@H](C2)N3C(=O)c2ccccc2)nc1. The molecule has 0 aliphatic carbocycles. The van der Waals surface area contributed by atoms with Gasteiger partial charge in [-0.1, -0.05) is 24.3 Å². The first-order chi connectivity index (χ1) is 13.5. The molecule has 0 spiro atoms. The van der Waals surface area contributed by atoms with Crippen molar-refractivity contribution in [2.75, 3.05) is 6.54 Å². The third-order valence-electron chi connectivity index (χ3n) is 6.08. The van der Waals surface area contributed by atoms with Crippen LogP contribution in [0.5, 0.6) is 0 Å². The van der Waals surface area contributed by atoms with Gasteiger partial charge in [0.15, 0.2) is 0 Å². The smallest absolute Gasteiger partial charge is 0.254 e. The molecule has 2 aliphatic rings. The predicted octanol–water partition coefficient (Wildman–Crippen LogP) is 3.07. The lowest BCUT2D eigenvalue weighted by molar-refractivity contribution is -0.0768. The van der Waals surface area contributed by atoms with Crippen LogP contribution in [0.15, 0.2) is 48.7 Å². The third-order valence-corrected chi connectivity index (χ3v) is 6.08. The van der Waals surface area contributed by atoms with Crippen molar-refractivity contribution in [3.05, 3.63) is 65.5 Å².